The molecule has 0 saturated carbocycles. The summed E-state index contributed by atoms with van der Waals surface area (Å²) in [5, 5.41) is 9.21. The third-order valence-corrected chi connectivity index (χ3v) is 3.28. The second kappa shape index (κ2) is 7.85. The van der Waals surface area contributed by atoms with E-state index in [1.54, 1.807) is 24.9 Å². The SMILES string of the molecule is CC(O)CCN(C)C(=O)/C=C/c1ccc(C(C)C)cc1. The Morgan fingerprint density at radius 3 is 2.35 bits per heavy atom. The first-order valence-corrected chi connectivity index (χ1v) is 7.11. The number of hydrogen-bond donors (Lipinski definition) is 1. The molecule has 0 aliphatic heterocycles. The van der Waals surface area contributed by atoms with Gasteiger partial charge in [-0.2, -0.15) is 0 Å². The summed E-state index contributed by atoms with van der Waals surface area (Å²) < 4.78 is 0. The minimum Gasteiger partial charge on any atom is -0.393 e. The lowest BCUT2D eigenvalue weighted by atomic mass is 10.0. The summed E-state index contributed by atoms with van der Waals surface area (Å²) in [7, 11) is 1.75. The van der Waals surface area contributed by atoms with Gasteiger partial charge in [-0.05, 0) is 36.5 Å². The average Bonchev–Trinajstić information content (AvgIpc) is 2.42. The number of likely N-dealkylation sites (N-methyl/N-ethyl adjacent to an activating group) is 1. The van der Waals surface area contributed by atoms with Gasteiger partial charge in [-0.25, -0.2) is 0 Å². The zero-order valence-electron chi connectivity index (χ0n) is 12.8. The Balaban J connectivity index is 2.56. The fourth-order valence-corrected chi connectivity index (χ4v) is 1.78. The van der Waals surface area contributed by atoms with Crippen molar-refractivity contribution in [3.05, 3.63) is 41.5 Å². The van der Waals surface area contributed by atoms with Crippen molar-refractivity contribution in [2.75, 3.05) is 13.6 Å². The summed E-state index contributed by atoms with van der Waals surface area (Å²) in [6.45, 7) is 6.61. The van der Waals surface area contributed by atoms with Crippen LogP contribution in [0, 0.1) is 0 Å². The smallest absolute Gasteiger partial charge is 0.246 e. The van der Waals surface area contributed by atoms with E-state index in [1.807, 2.05) is 18.2 Å². The highest BCUT2D eigenvalue weighted by Gasteiger charge is 2.06. The number of benzene rings is 1. The molecule has 1 amide bonds. The second-order valence-corrected chi connectivity index (χ2v) is 5.55. The van der Waals surface area contributed by atoms with Gasteiger partial charge in [-0.15, -0.1) is 0 Å². The number of hydrogen-bond acceptors (Lipinski definition) is 2. The molecular weight excluding hydrogens is 250 g/mol. The molecule has 3 nitrogen and oxygen atoms in total. The van der Waals surface area contributed by atoms with Crippen molar-refractivity contribution in [1.82, 2.24) is 4.90 Å². The summed E-state index contributed by atoms with van der Waals surface area (Å²) in [6, 6.07) is 8.22. The van der Waals surface area contributed by atoms with E-state index in [2.05, 4.69) is 26.0 Å². The lowest BCUT2D eigenvalue weighted by Crippen LogP contribution is -2.27. The molecular formula is C17H25NO2. The van der Waals surface area contributed by atoms with Gasteiger partial charge in [0, 0.05) is 19.7 Å². The van der Waals surface area contributed by atoms with Crippen LogP contribution in [0.5, 0.6) is 0 Å². The fourth-order valence-electron chi connectivity index (χ4n) is 1.78. The van der Waals surface area contributed by atoms with Gasteiger partial charge in [0.25, 0.3) is 0 Å². The summed E-state index contributed by atoms with van der Waals surface area (Å²) in [5.74, 6) is 0.472. The molecule has 1 atom stereocenters. The lowest BCUT2D eigenvalue weighted by Gasteiger charge is -2.15. The molecule has 0 bridgehead atoms. The molecule has 1 N–H and O–H groups in total. The van der Waals surface area contributed by atoms with Crippen molar-refractivity contribution >= 4 is 12.0 Å². The summed E-state index contributed by atoms with van der Waals surface area (Å²) in [6.07, 6.45) is 3.62. The van der Waals surface area contributed by atoms with Gasteiger partial charge in [-0.1, -0.05) is 38.1 Å². The maximum Gasteiger partial charge on any atom is 0.246 e. The van der Waals surface area contributed by atoms with Gasteiger partial charge < -0.3 is 10.0 Å². The van der Waals surface area contributed by atoms with Gasteiger partial charge >= 0.3 is 0 Å². The van der Waals surface area contributed by atoms with Crippen LogP contribution < -0.4 is 0 Å². The molecule has 1 unspecified atom stereocenters. The molecule has 0 spiro atoms. The number of carbonyl (C=O) groups is 1. The summed E-state index contributed by atoms with van der Waals surface area (Å²) in [5.41, 5.74) is 2.31. The topological polar surface area (TPSA) is 40.5 Å². The first kappa shape index (κ1) is 16.4. The Hall–Kier alpha value is -1.61. The lowest BCUT2D eigenvalue weighted by molar-refractivity contribution is -0.124. The molecule has 3 heteroatoms. The molecule has 0 aromatic heterocycles. The molecule has 0 radical (unpaired) electrons. The molecule has 1 aromatic carbocycles. The van der Waals surface area contributed by atoms with Gasteiger partial charge in [-0.3, -0.25) is 4.79 Å². The number of aliphatic hydroxyl groups is 1. The third kappa shape index (κ3) is 5.57. The van der Waals surface area contributed by atoms with Gasteiger partial charge in [0.2, 0.25) is 5.91 Å². The maximum atomic E-state index is 11.9. The van der Waals surface area contributed by atoms with E-state index >= 15 is 0 Å². The van der Waals surface area contributed by atoms with Gasteiger partial charge in [0.05, 0.1) is 6.10 Å². The standard InChI is InChI=1S/C17H25NO2/c1-13(2)16-8-5-15(6-9-16)7-10-17(20)18(4)12-11-14(3)19/h5-10,13-14,19H,11-12H2,1-4H3/b10-7+. The van der Waals surface area contributed by atoms with E-state index in [9.17, 15) is 9.90 Å². The zero-order chi connectivity index (χ0) is 15.1. The predicted octanol–water partition coefficient (Wildman–Crippen LogP) is 3.05. The van der Waals surface area contributed by atoms with Crippen LogP contribution in [0.25, 0.3) is 6.08 Å². The molecule has 0 fully saturated rings. The van der Waals surface area contributed by atoms with Crippen LogP contribution in [0.2, 0.25) is 0 Å². The van der Waals surface area contributed by atoms with Crippen LogP contribution in [0.3, 0.4) is 0 Å². The highest BCUT2D eigenvalue weighted by atomic mass is 16.3. The van der Waals surface area contributed by atoms with Crippen LogP contribution in [0.4, 0.5) is 0 Å². The monoisotopic (exact) mass is 275 g/mol. The van der Waals surface area contributed by atoms with Crippen LogP contribution >= 0.6 is 0 Å². The van der Waals surface area contributed by atoms with Crippen molar-refractivity contribution in [1.29, 1.82) is 0 Å². The van der Waals surface area contributed by atoms with Crippen molar-refractivity contribution in [3.8, 4) is 0 Å². The minimum absolute atomic E-state index is 0.0430. The molecule has 110 valence electrons. The highest BCUT2D eigenvalue weighted by molar-refractivity contribution is 5.91. The van der Waals surface area contributed by atoms with E-state index in [4.69, 9.17) is 0 Å². The van der Waals surface area contributed by atoms with Crippen LogP contribution in [-0.4, -0.2) is 35.6 Å². The molecule has 0 aliphatic rings. The minimum atomic E-state index is -0.377. The Morgan fingerprint density at radius 1 is 1.25 bits per heavy atom. The van der Waals surface area contributed by atoms with E-state index in [0.29, 0.717) is 18.9 Å². The largest absolute Gasteiger partial charge is 0.393 e. The Kier molecular flexibility index (Phi) is 6.46. The Morgan fingerprint density at radius 2 is 1.85 bits per heavy atom. The Bertz CT molecular complexity index is 447. The zero-order valence-corrected chi connectivity index (χ0v) is 12.8. The third-order valence-electron chi connectivity index (χ3n) is 3.28. The number of rotatable bonds is 6. The van der Waals surface area contributed by atoms with E-state index in [-0.39, 0.29) is 12.0 Å². The fraction of sp³-hybridized carbons (Fsp3) is 0.471. The molecule has 0 saturated heterocycles. The summed E-state index contributed by atoms with van der Waals surface area (Å²) in [4.78, 5) is 13.5. The summed E-state index contributed by atoms with van der Waals surface area (Å²) >= 11 is 0. The molecule has 1 rings (SSSR count). The van der Waals surface area contributed by atoms with Crippen molar-refractivity contribution in [2.24, 2.45) is 0 Å². The maximum absolute atomic E-state index is 11.9. The van der Waals surface area contributed by atoms with E-state index in [0.717, 1.165) is 5.56 Å². The van der Waals surface area contributed by atoms with Crippen molar-refractivity contribution < 1.29 is 9.90 Å². The highest BCUT2D eigenvalue weighted by Crippen LogP contribution is 2.15. The van der Waals surface area contributed by atoms with Crippen LogP contribution in [0.1, 0.15) is 44.2 Å². The van der Waals surface area contributed by atoms with Crippen LogP contribution in [-0.2, 0) is 4.79 Å². The number of nitrogens with zero attached hydrogens (tertiary/aromatic N) is 1. The molecule has 0 heterocycles. The number of aliphatic hydroxyl groups excluding tert-OH is 1. The average molecular weight is 275 g/mol. The number of carbonyl (C=O) groups excluding carboxylic acids is 1. The Labute approximate surface area is 121 Å². The van der Waals surface area contributed by atoms with Crippen molar-refractivity contribution in [2.45, 2.75) is 39.2 Å². The molecule has 0 aliphatic carbocycles. The number of amides is 1. The van der Waals surface area contributed by atoms with Gasteiger partial charge in [0.15, 0.2) is 0 Å². The quantitative estimate of drug-likeness (QED) is 0.811. The molecule has 1 aromatic rings. The molecule has 20 heavy (non-hydrogen) atoms. The van der Waals surface area contributed by atoms with Gasteiger partial charge in [0.1, 0.15) is 0 Å². The predicted molar refractivity (Wildman–Crippen MR) is 83.5 cm³/mol. The van der Waals surface area contributed by atoms with E-state index < -0.39 is 0 Å². The van der Waals surface area contributed by atoms with E-state index in [1.165, 1.54) is 5.56 Å². The first-order chi connectivity index (χ1) is 9.40. The van der Waals surface area contributed by atoms with Crippen LogP contribution in [0.15, 0.2) is 30.3 Å². The first-order valence-electron chi connectivity index (χ1n) is 7.11. The second-order valence-electron chi connectivity index (χ2n) is 5.55. The van der Waals surface area contributed by atoms with Crippen molar-refractivity contribution in [3.63, 3.8) is 0 Å². The normalized spacial score (nSPS) is 12.9.